The van der Waals surface area contributed by atoms with E-state index in [-0.39, 0.29) is 12.1 Å². The van der Waals surface area contributed by atoms with Crippen LogP contribution < -0.4 is 9.41 Å². The average molecular weight is 254 g/mol. The summed E-state index contributed by atoms with van der Waals surface area (Å²) in [5.41, 5.74) is 0.387. The summed E-state index contributed by atoms with van der Waals surface area (Å²) in [7, 11) is -3.41. The Morgan fingerprint density at radius 1 is 1.41 bits per heavy atom. The molecule has 0 unspecified atom stereocenters. The number of carbonyl (C=O) groups excluding carboxylic acids is 1. The van der Waals surface area contributed by atoms with Crippen LogP contribution in [0.25, 0.3) is 0 Å². The molecule has 0 heterocycles. The van der Waals surface area contributed by atoms with E-state index in [0.717, 1.165) is 10.6 Å². The van der Waals surface area contributed by atoms with Crippen LogP contribution in [-0.2, 0) is 10.0 Å². The van der Waals surface area contributed by atoms with Crippen molar-refractivity contribution in [2.24, 2.45) is 0 Å². The normalized spacial score (nSPS) is 10.9. The molecule has 0 saturated heterocycles. The highest BCUT2D eigenvalue weighted by atomic mass is 32.2. The predicted molar refractivity (Wildman–Crippen MR) is 63.2 cm³/mol. The Kier molecular flexibility index (Phi) is 3.90. The Labute approximate surface area is 100 Å². The number of carbonyl (C=O) groups is 1. The summed E-state index contributed by atoms with van der Waals surface area (Å²) >= 11 is 0. The maximum atomic E-state index is 11.5. The van der Waals surface area contributed by atoms with Gasteiger partial charge in [0.25, 0.3) is 0 Å². The molecule has 0 spiro atoms. The second-order valence-electron chi connectivity index (χ2n) is 3.42. The first-order valence-electron chi connectivity index (χ1n) is 4.76. The zero-order chi connectivity index (χ0) is 13.1. The van der Waals surface area contributed by atoms with Gasteiger partial charge in [0, 0.05) is 0 Å². The summed E-state index contributed by atoms with van der Waals surface area (Å²) in [6.45, 7) is 3.60. The van der Waals surface area contributed by atoms with Crippen molar-refractivity contribution < 1.29 is 18.3 Å². The summed E-state index contributed by atoms with van der Waals surface area (Å²) in [5.74, 6) is -1.30. The molecular formula is C11H12NO4S-. The number of carboxylic acids is 1. The van der Waals surface area contributed by atoms with Crippen LogP contribution in [0.15, 0.2) is 36.9 Å². The minimum Gasteiger partial charge on any atom is -0.545 e. The maximum absolute atomic E-state index is 11.5. The number of aromatic carboxylic acids is 1. The van der Waals surface area contributed by atoms with Crippen molar-refractivity contribution in [2.75, 3.05) is 17.1 Å². The van der Waals surface area contributed by atoms with E-state index in [0.29, 0.717) is 5.69 Å². The molecule has 1 aromatic carbocycles. The van der Waals surface area contributed by atoms with Gasteiger partial charge < -0.3 is 9.90 Å². The van der Waals surface area contributed by atoms with Gasteiger partial charge in [0.15, 0.2) is 0 Å². The third-order valence-electron chi connectivity index (χ3n) is 2.09. The summed E-state index contributed by atoms with van der Waals surface area (Å²) in [4.78, 5) is 10.5. The van der Waals surface area contributed by atoms with E-state index < -0.39 is 16.0 Å². The van der Waals surface area contributed by atoms with Crippen LogP contribution in [0, 0.1) is 0 Å². The smallest absolute Gasteiger partial charge is 0.232 e. The fourth-order valence-electron chi connectivity index (χ4n) is 1.31. The minimum absolute atomic E-state index is 0.000745. The Balaban J connectivity index is 3.12. The lowest BCUT2D eigenvalue weighted by atomic mass is 10.2. The largest absolute Gasteiger partial charge is 0.545 e. The van der Waals surface area contributed by atoms with Crippen LogP contribution in [0.4, 0.5) is 5.69 Å². The SMILES string of the molecule is C=CCN(c1ccc(C(=O)[O-])cc1)S(C)(=O)=O. The minimum atomic E-state index is -3.41. The lowest BCUT2D eigenvalue weighted by molar-refractivity contribution is -0.255. The molecule has 0 N–H and O–H groups in total. The number of anilines is 1. The van der Waals surface area contributed by atoms with Crippen molar-refractivity contribution in [2.45, 2.75) is 0 Å². The van der Waals surface area contributed by atoms with Crippen LogP contribution in [-0.4, -0.2) is 27.2 Å². The molecule has 17 heavy (non-hydrogen) atoms. The molecule has 6 heteroatoms. The van der Waals surface area contributed by atoms with Crippen LogP contribution in [0.5, 0.6) is 0 Å². The van der Waals surface area contributed by atoms with Gasteiger partial charge in [-0.15, -0.1) is 6.58 Å². The molecule has 0 aromatic heterocycles. The number of sulfonamides is 1. The number of carboxylic acid groups (broad SMARTS) is 1. The molecule has 0 saturated carbocycles. The zero-order valence-corrected chi connectivity index (χ0v) is 10.1. The number of benzene rings is 1. The molecule has 92 valence electrons. The second-order valence-corrected chi connectivity index (χ2v) is 5.32. The molecule has 0 amide bonds. The Hall–Kier alpha value is -1.82. The quantitative estimate of drug-likeness (QED) is 0.693. The highest BCUT2D eigenvalue weighted by molar-refractivity contribution is 7.92. The van der Waals surface area contributed by atoms with E-state index in [1.54, 1.807) is 0 Å². The van der Waals surface area contributed by atoms with Crippen LogP contribution in [0.2, 0.25) is 0 Å². The fraction of sp³-hybridized carbons (Fsp3) is 0.182. The third kappa shape index (κ3) is 3.32. The second kappa shape index (κ2) is 5.01. The van der Waals surface area contributed by atoms with Gasteiger partial charge in [0.1, 0.15) is 0 Å². The Bertz CT molecular complexity index is 519. The molecule has 0 radical (unpaired) electrons. The van der Waals surface area contributed by atoms with Crippen molar-refractivity contribution in [3.63, 3.8) is 0 Å². The van der Waals surface area contributed by atoms with E-state index in [9.17, 15) is 18.3 Å². The monoisotopic (exact) mass is 254 g/mol. The topological polar surface area (TPSA) is 77.5 Å². The predicted octanol–water partition coefficient (Wildman–Crippen LogP) is 0.00210. The van der Waals surface area contributed by atoms with E-state index >= 15 is 0 Å². The van der Waals surface area contributed by atoms with Crippen molar-refractivity contribution in [1.29, 1.82) is 0 Å². The van der Waals surface area contributed by atoms with Crippen LogP contribution in [0.1, 0.15) is 10.4 Å². The van der Waals surface area contributed by atoms with E-state index in [4.69, 9.17) is 0 Å². The highest BCUT2D eigenvalue weighted by Crippen LogP contribution is 2.17. The van der Waals surface area contributed by atoms with Crippen molar-refractivity contribution in [3.05, 3.63) is 42.5 Å². The van der Waals surface area contributed by atoms with Gasteiger partial charge in [-0.3, -0.25) is 4.31 Å². The molecule has 0 aliphatic rings. The van der Waals surface area contributed by atoms with Crippen LogP contribution in [0.3, 0.4) is 0 Å². The summed E-state index contributed by atoms with van der Waals surface area (Å²) in [6, 6.07) is 5.42. The number of nitrogens with zero attached hydrogens (tertiary/aromatic N) is 1. The first-order chi connectivity index (χ1) is 7.86. The first-order valence-corrected chi connectivity index (χ1v) is 6.61. The molecular weight excluding hydrogens is 242 g/mol. The first kappa shape index (κ1) is 13.2. The van der Waals surface area contributed by atoms with Gasteiger partial charge in [0.05, 0.1) is 24.5 Å². The van der Waals surface area contributed by atoms with Crippen molar-refractivity contribution >= 4 is 21.7 Å². The van der Waals surface area contributed by atoms with Crippen molar-refractivity contribution in [3.8, 4) is 0 Å². The lowest BCUT2D eigenvalue weighted by Crippen LogP contribution is -2.30. The lowest BCUT2D eigenvalue weighted by Gasteiger charge is -2.20. The highest BCUT2D eigenvalue weighted by Gasteiger charge is 2.15. The van der Waals surface area contributed by atoms with Gasteiger partial charge >= 0.3 is 0 Å². The molecule has 1 aromatic rings. The number of hydrogen-bond acceptors (Lipinski definition) is 4. The van der Waals surface area contributed by atoms with Gasteiger partial charge in [-0.25, -0.2) is 8.42 Å². The van der Waals surface area contributed by atoms with Gasteiger partial charge in [0.2, 0.25) is 10.0 Å². The third-order valence-corrected chi connectivity index (χ3v) is 3.25. The number of rotatable bonds is 5. The standard InChI is InChI=1S/C11H13NO4S/c1-3-8-12(17(2,15)16)10-6-4-9(5-7-10)11(13)14/h3-7H,1,8H2,2H3,(H,13,14)/p-1. The molecule has 0 atom stereocenters. The number of hydrogen-bond donors (Lipinski definition) is 0. The maximum Gasteiger partial charge on any atom is 0.232 e. The summed E-state index contributed by atoms with van der Waals surface area (Å²) in [5, 5.41) is 10.5. The molecule has 0 aliphatic carbocycles. The van der Waals surface area contributed by atoms with E-state index in [2.05, 4.69) is 6.58 Å². The molecule has 0 bridgehead atoms. The molecule has 5 nitrogen and oxygen atoms in total. The average Bonchev–Trinajstić information content (AvgIpc) is 2.24. The fourth-order valence-corrected chi connectivity index (χ4v) is 2.19. The Morgan fingerprint density at radius 2 is 1.94 bits per heavy atom. The summed E-state index contributed by atoms with van der Waals surface area (Å²) < 4.78 is 24.1. The van der Waals surface area contributed by atoms with Crippen molar-refractivity contribution in [1.82, 2.24) is 0 Å². The molecule has 1 rings (SSSR count). The molecule has 0 fully saturated rings. The molecule has 0 aliphatic heterocycles. The van der Waals surface area contributed by atoms with Crippen LogP contribution >= 0.6 is 0 Å². The van der Waals surface area contributed by atoms with Gasteiger partial charge in [-0.05, 0) is 17.7 Å². The zero-order valence-electron chi connectivity index (χ0n) is 9.29. The summed E-state index contributed by atoms with van der Waals surface area (Å²) in [6.07, 6.45) is 2.52. The Morgan fingerprint density at radius 3 is 2.29 bits per heavy atom. The van der Waals surface area contributed by atoms with E-state index in [1.807, 2.05) is 0 Å². The van der Waals surface area contributed by atoms with E-state index in [1.165, 1.54) is 30.3 Å². The van der Waals surface area contributed by atoms with Gasteiger partial charge in [-0.2, -0.15) is 0 Å². The van der Waals surface area contributed by atoms with Gasteiger partial charge in [-0.1, -0.05) is 18.2 Å².